The number of ether oxygens (including phenoxy) is 1. The number of rotatable bonds is 7. The van der Waals surface area contributed by atoms with Crippen molar-refractivity contribution in [1.29, 1.82) is 0 Å². The molecule has 0 aliphatic heterocycles. The van der Waals surface area contributed by atoms with Crippen molar-refractivity contribution in [3.63, 3.8) is 0 Å². The predicted molar refractivity (Wildman–Crippen MR) is 94.3 cm³/mol. The molecule has 0 atom stereocenters. The van der Waals surface area contributed by atoms with Gasteiger partial charge in [-0.1, -0.05) is 35.9 Å². The Labute approximate surface area is 142 Å². The van der Waals surface area contributed by atoms with Crippen LogP contribution in [0, 0.1) is 0 Å². The van der Waals surface area contributed by atoms with Gasteiger partial charge in [0.05, 0.1) is 11.7 Å². The van der Waals surface area contributed by atoms with Crippen LogP contribution in [0.4, 0.5) is 0 Å². The number of hydrogen-bond acceptors (Lipinski definition) is 2. The first-order valence-corrected chi connectivity index (χ1v) is 8.22. The molecule has 0 saturated carbocycles. The van der Waals surface area contributed by atoms with Crippen LogP contribution in [0.5, 0.6) is 5.75 Å². The van der Waals surface area contributed by atoms with E-state index in [1.54, 1.807) is 6.07 Å². The zero-order chi connectivity index (χ0) is 16.7. The number of halogens is 1. The second-order valence-electron chi connectivity index (χ2n) is 5.65. The van der Waals surface area contributed by atoms with E-state index < -0.39 is 0 Å². The number of para-hydroxylation sites is 1. The minimum Gasteiger partial charge on any atom is -0.490 e. The van der Waals surface area contributed by atoms with Crippen LogP contribution >= 0.6 is 11.6 Å². The molecule has 1 N–H and O–H groups in total. The Kier molecular flexibility index (Phi) is 6.48. The Morgan fingerprint density at radius 1 is 1.13 bits per heavy atom. The third kappa shape index (κ3) is 5.61. The monoisotopic (exact) mass is 331 g/mol. The molecule has 1 amide bonds. The molecule has 0 heterocycles. The molecule has 0 fully saturated rings. The molecular formula is C19H22ClNO2. The van der Waals surface area contributed by atoms with E-state index in [9.17, 15) is 4.79 Å². The Bertz CT molecular complexity index is 638. The lowest BCUT2D eigenvalue weighted by atomic mass is 10.1. The van der Waals surface area contributed by atoms with Crippen LogP contribution < -0.4 is 10.1 Å². The highest BCUT2D eigenvalue weighted by molar-refractivity contribution is 6.30. The van der Waals surface area contributed by atoms with E-state index in [0.29, 0.717) is 17.9 Å². The number of amides is 1. The average Bonchev–Trinajstić information content (AvgIpc) is 2.53. The topological polar surface area (TPSA) is 38.3 Å². The molecule has 0 aromatic heterocycles. The fourth-order valence-electron chi connectivity index (χ4n) is 2.25. The first kappa shape index (κ1) is 17.4. The lowest BCUT2D eigenvalue weighted by Gasteiger charge is -2.14. The number of benzene rings is 2. The maximum absolute atomic E-state index is 12.3. The van der Waals surface area contributed by atoms with Crippen molar-refractivity contribution in [2.45, 2.75) is 32.8 Å². The van der Waals surface area contributed by atoms with Gasteiger partial charge in [-0.3, -0.25) is 4.79 Å². The van der Waals surface area contributed by atoms with E-state index in [2.05, 4.69) is 5.32 Å². The zero-order valence-electron chi connectivity index (χ0n) is 13.5. The zero-order valence-corrected chi connectivity index (χ0v) is 14.3. The summed E-state index contributed by atoms with van der Waals surface area (Å²) in [6.07, 6.45) is 1.82. The quantitative estimate of drug-likeness (QED) is 0.759. The molecule has 2 aromatic rings. The number of aryl methyl sites for hydroxylation is 1. The summed E-state index contributed by atoms with van der Waals surface area (Å²) in [5, 5.41) is 3.69. The van der Waals surface area contributed by atoms with E-state index >= 15 is 0 Å². The van der Waals surface area contributed by atoms with Crippen LogP contribution in [0.1, 0.15) is 36.2 Å². The molecule has 122 valence electrons. The van der Waals surface area contributed by atoms with Gasteiger partial charge in [0.1, 0.15) is 5.75 Å². The molecule has 2 aromatic carbocycles. The summed E-state index contributed by atoms with van der Waals surface area (Å²) in [6, 6.07) is 15.1. The van der Waals surface area contributed by atoms with Gasteiger partial charge in [0.15, 0.2) is 0 Å². The number of carbonyl (C=O) groups is 1. The smallest absolute Gasteiger partial charge is 0.255 e. The largest absolute Gasteiger partial charge is 0.490 e. The highest BCUT2D eigenvalue weighted by Gasteiger charge is 2.12. The Morgan fingerprint density at radius 3 is 2.52 bits per heavy atom. The van der Waals surface area contributed by atoms with Crippen molar-refractivity contribution < 1.29 is 9.53 Å². The highest BCUT2D eigenvalue weighted by atomic mass is 35.5. The fourth-order valence-corrected chi connectivity index (χ4v) is 2.38. The maximum atomic E-state index is 12.3. The number of carbonyl (C=O) groups excluding carboxylic acids is 1. The molecule has 4 heteroatoms. The molecule has 0 unspecified atom stereocenters. The maximum Gasteiger partial charge on any atom is 0.255 e. The molecule has 0 bridgehead atoms. The van der Waals surface area contributed by atoms with Gasteiger partial charge in [0, 0.05) is 11.6 Å². The lowest BCUT2D eigenvalue weighted by Crippen LogP contribution is -2.25. The Morgan fingerprint density at radius 2 is 1.83 bits per heavy atom. The van der Waals surface area contributed by atoms with Crippen LogP contribution in [0.3, 0.4) is 0 Å². The molecule has 0 radical (unpaired) electrons. The van der Waals surface area contributed by atoms with E-state index in [0.717, 1.165) is 17.9 Å². The van der Waals surface area contributed by atoms with Crippen molar-refractivity contribution in [2.75, 3.05) is 6.54 Å². The first-order valence-electron chi connectivity index (χ1n) is 7.84. The van der Waals surface area contributed by atoms with E-state index in [1.807, 2.05) is 56.3 Å². The Hall–Kier alpha value is -2.00. The molecule has 3 nitrogen and oxygen atoms in total. The van der Waals surface area contributed by atoms with E-state index in [1.165, 1.54) is 5.56 Å². The van der Waals surface area contributed by atoms with Gasteiger partial charge in [-0.2, -0.15) is 0 Å². The summed E-state index contributed by atoms with van der Waals surface area (Å²) in [5.74, 6) is 0.523. The molecular weight excluding hydrogens is 310 g/mol. The standard InChI is InChI=1S/C19H22ClNO2/c1-14(2)23-18-8-4-3-7-17(18)19(22)21-13-5-6-15-9-11-16(20)12-10-15/h3-4,7-12,14H,5-6,13H2,1-2H3,(H,21,22). The van der Waals surface area contributed by atoms with E-state index in [-0.39, 0.29) is 12.0 Å². The molecule has 2 rings (SSSR count). The van der Waals surface area contributed by atoms with Crippen molar-refractivity contribution >= 4 is 17.5 Å². The summed E-state index contributed by atoms with van der Waals surface area (Å²) in [7, 11) is 0. The van der Waals surface area contributed by atoms with Crippen LogP contribution in [-0.2, 0) is 6.42 Å². The minimum absolute atomic E-state index is 0.0360. The van der Waals surface area contributed by atoms with Crippen molar-refractivity contribution in [3.8, 4) is 5.75 Å². The van der Waals surface area contributed by atoms with Crippen LogP contribution in [0.15, 0.2) is 48.5 Å². The first-order chi connectivity index (χ1) is 11.1. The van der Waals surface area contributed by atoms with Gasteiger partial charge in [-0.15, -0.1) is 0 Å². The van der Waals surface area contributed by atoms with Gasteiger partial charge in [0.2, 0.25) is 0 Å². The Balaban J connectivity index is 1.84. The van der Waals surface area contributed by atoms with E-state index in [4.69, 9.17) is 16.3 Å². The fraction of sp³-hybridized carbons (Fsp3) is 0.316. The van der Waals surface area contributed by atoms with Gasteiger partial charge in [-0.25, -0.2) is 0 Å². The van der Waals surface area contributed by atoms with Gasteiger partial charge < -0.3 is 10.1 Å². The molecule has 23 heavy (non-hydrogen) atoms. The van der Waals surface area contributed by atoms with Gasteiger partial charge >= 0.3 is 0 Å². The summed E-state index contributed by atoms with van der Waals surface area (Å²) in [4.78, 5) is 12.3. The summed E-state index contributed by atoms with van der Waals surface area (Å²) in [6.45, 7) is 4.51. The third-order valence-corrected chi connectivity index (χ3v) is 3.59. The number of nitrogens with one attached hydrogen (secondary N) is 1. The molecule has 0 saturated heterocycles. The van der Waals surface area contributed by atoms with Crippen molar-refractivity contribution in [3.05, 3.63) is 64.7 Å². The molecule has 0 aliphatic carbocycles. The second-order valence-corrected chi connectivity index (χ2v) is 6.09. The minimum atomic E-state index is -0.0997. The normalized spacial score (nSPS) is 10.6. The highest BCUT2D eigenvalue weighted by Crippen LogP contribution is 2.19. The summed E-state index contributed by atoms with van der Waals surface area (Å²) < 4.78 is 5.68. The molecule has 0 aliphatic rings. The van der Waals surface area contributed by atoms with Crippen molar-refractivity contribution in [2.24, 2.45) is 0 Å². The summed E-state index contributed by atoms with van der Waals surface area (Å²) in [5.41, 5.74) is 1.79. The third-order valence-electron chi connectivity index (χ3n) is 3.34. The van der Waals surface area contributed by atoms with Crippen molar-refractivity contribution in [1.82, 2.24) is 5.32 Å². The lowest BCUT2D eigenvalue weighted by molar-refractivity contribution is 0.0947. The SMILES string of the molecule is CC(C)Oc1ccccc1C(=O)NCCCc1ccc(Cl)cc1. The molecule has 0 spiro atoms. The van der Waals surface area contributed by atoms with Crippen LogP contribution in [0.25, 0.3) is 0 Å². The summed E-state index contributed by atoms with van der Waals surface area (Å²) >= 11 is 5.86. The average molecular weight is 332 g/mol. The van der Waals surface area contributed by atoms with Gasteiger partial charge in [-0.05, 0) is 56.5 Å². The van der Waals surface area contributed by atoms with Crippen LogP contribution in [0.2, 0.25) is 5.02 Å². The number of hydrogen-bond donors (Lipinski definition) is 1. The van der Waals surface area contributed by atoms with Gasteiger partial charge in [0.25, 0.3) is 5.91 Å². The predicted octanol–water partition coefficient (Wildman–Crippen LogP) is 4.49. The second kappa shape index (κ2) is 8.59. The van der Waals surface area contributed by atoms with Crippen LogP contribution in [-0.4, -0.2) is 18.6 Å².